The normalized spacial score (nSPS) is 19.3. The highest BCUT2D eigenvalue weighted by atomic mass is 16.5. The van der Waals surface area contributed by atoms with Crippen molar-refractivity contribution in [3.8, 4) is 11.1 Å². The predicted molar refractivity (Wildman–Crippen MR) is 106 cm³/mol. The Morgan fingerprint density at radius 3 is 2.92 bits per heavy atom. The molecule has 2 aromatic carbocycles. The second-order valence-electron chi connectivity index (χ2n) is 7.31. The predicted octanol–water partition coefficient (Wildman–Crippen LogP) is 4.10. The zero-order chi connectivity index (χ0) is 17.9. The summed E-state index contributed by atoms with van der Waals surface area (Å²) in [5.74, 6) is 0.737. The summed E-state index contributed by atoms with van der Waals surface area (Å²) < 4.78 is 5.45. The highest BCUT2D eigenvalue weighted by Crippen LogP contribution is 2.32. The SMILES string of the molecule is CC(=O)N1CCCc2cc(-c3cccc(NCC4CCOC4)c3)ccc21. The van der Waals surface area contributed by atoms with Gasteiger partial charge in [-0.1, -0.05) is 18.2 Å². The van der Waals surface area contributed by atoms with Crippen LogP contribution in [0.2, 0.25) is 0 Å². The van der Waals surface area contributed by atoms with E-state index in [2.05, 4.69) is 47.8 Å². The van der Waals surface area contributed by atoms with Crippen LogP contribution in [-0.4, -0.2) is 32.2 Å². The third-order valence-electron chi connectivity index (χ3n) is 5.39. The van der Waals surface area contributed by atoms with Crippen molar-refractivity contribution in [3.05, 3.63) is 48.0 Å². The van der Waals surface area contributed by atoms with Crippen LogP contribution in [0.4, 0.5) is 11.4 Å². The van der Waals surface area contributed by atoms with Crippen molar-refractivity contribution in [3.63, 3.8) is 0 Å². The van der Waals surface area contributed by atoms with Gasteiger partial charge in [0.2, 0.25) is 5.91 Å². The third-order valence-corrected chi connectivity index (χ3v) is 5.39. The van der Waals surface area contributed by atoms with Gasteiger partial charge < -0.3 is 15.0 Å². The minimum atomic E-state index is 0.126. The van der Waals surface area contributed by atoms with Gasteiger partial charge in [0, 0.05) is 43.9 Å². The molecule has 0 radical (unpaired) electrons. The van der Waals surface area contributed by atoms with Gasteiger partial charge in [-0.05, 0) is 60.2 Å². The number of hydrogen-bond acceptors (Lipinski definition) is 3. The zero-order valence-electron chi connectivity index (χ0n) is 15.3. The summed E-state index contributed by atoms with van der Waals surface area (Å²) in [6.45, 7) is 5.18. The second kappa shape index (κ2) is 7.50. The Kier molecular flexibility index (Phi) is 4.93. The molecule has 0 saturated carbocycles. The number of anilines is 2. The molecule has 2 aromatic rings. The lowest BCUT2D eigenvalue weighted by atomic mass is 9.96. The Bertz CT molecular complexity index is 796. The number of ether oxygens (including phenoxy) is 1. The van der Waals surface area contributed by atoms with Gasteiger partial charge in [-0.3, -0.25) is 4.79 Å². The van der Waals surface area contributed by atoms with E-state index in [1.54, 1.807) is 6.92 Å². The summed E-state index contributed by atoms with van der Waals surface area (Å²) >= 11 is 0. The molecule has 2 heterocycles. The molecule has 26 heavy (non-hydrogen) atoms. The van der Waals surface area contributed by atoms with Crippen molar-refractivity contribution < 1.29 is 9.53 Å². The smallest absolute Gasteiger partial charge is 0.223 e. The van der Waals surface area contributed by atoms with Gasteiger partial charge >= 0.3 is 0 Å². The van der Waals surface area contributed by atoms with Crippen molar-refractivity contribution in [2.24, 2.45) is 5.92 Å². The fourth-order valence-electron chi connectivity index (χ4n) is 3.92. The van der Waals surface area contributed by atoms with Gasteiger partial charge in [0.1, 0.15) is 0 Å². The summed E-state index contributed by atoms with van der Waals surface area (Å²) in [6.07, 6.45) is 3.21. The standard InChI is InChI=1S/C22H26N2O2/c1-16(25)24-10-3-5-20-12-19(7-8-22(20)24)18-4-2-6-21(13-18)23-14-17-9-11-26-15-17/h2,4,6-8,12-13,17,23H,3,5,9-11,14-15H2,1H3. The second-order valence-corrected chi connectivity index (χ2v) is 7.31. The van der Waals surface area contributed by atoms with E-state index < -0.39 is 0 Å². The number of rotatable bonds is 4. The number of benzene rings is 2. The van der Waals surface area contributed by atoms with Crippen molar-refractivity contribution in [1.29, 1.82) is 0 Å². The molecule has 4 nitrogen and oxygen atoms in total. The average Bonchev–Trinajstić information content (AvgIpc) is 3.19. The number of hydrogen-bond donors (Lipinski definition) is 1. The first-order valence-corrected chi connectivity index (χ1v) is 9.54. The maximum Gasteiger partial charge on any atom is 0.223 e. The highest BCUT2D eigenvalue weighted by Gasteiger charge is 2.20. The number of carbonyl (C=O) groups is 1. The van der Waals surface area contributed by atoms with E-state index in [1.165, 1.54) is 16.7 Å². The molecule has 0 aromatic heterocycles. The van der Waals surface area contributed by atoms with Crippen LogP contribution < -0.4 is 10.2 Å². The van der Waals surface area contributed by atoms with E-state index in [9.17, 15) is 4.79 Å². The number of nitrogens with zero attached hydrogens (tertiary/aromatic N) is 1. The zero-order valence-corrected chi connectivity index (χ0v) is 15.3. The number of aryl methyl sites for hydroxylation is 1. The monoisotopic (exact) mass is 350 g/mol. The van der Waals surface area contributed by atoms with E-state index in [-0.39, 0.29) is 5.91 Å². The van der Waals surface area contributed by atoms with Gasteiger partial charge in [0.15, 0.2) is 0 Å². The lowest BCUT2D eigenvalue weighted by molar-refractivity contribution is -0.116. The van der Waals surface area contributed by atoms with E-state index in [0.717, 1.165) is 56.9 Å². The van der Waals surface area contributed by atoms with Crippen LogP contribution in [-0.2, 0) is 16.0 Å². The maximum absolute atomic E-state index is 11.9. The summed E-state index contributed by atoms with van der Waals surface area (Å²) in [7, 11) is 0. The van der Waals surface area contributed by atoms with Gasteiger partial charge in [-0.2, -0.15) is 0 Å². The fourth-order valence-corrected chi connectivity index (χ4v) is 3.92. The lowest BCUT2D eigenvalue weighted by Crippen LogP contribution is -2.33. The van der Waals surface area contributed by atoms with Gasteiger partial charge in [0.25, 0.3) is 0 Å². The minimum absolute atomic E-state index is 0.126. The average molecular weight is 350 g/mol. The van der Waals surface area contributed by atoms with Crippen LogP contribution in [0, 0.1) is 5.92 Å². The number of fused-ring (bicyclic) bond motifs is 1. The van der Waals surface area contributed by atoms with Crippen LogP contribution in [0.3, 0.4) is 0 Å². The Morgan fingerprint density at radius 2 is 2.12 bits per heavy atom. The quantitative estimate of drug-likeness (QED) is 0.902. The third kappa shape index (κ3) is 3.61. The molecule has 1 atom stereocenters. The summed E-state index contributed by atoms with van der Waals surface area (Å²) in [5.41, 5.74) is 5.91. The molecule has 4 heteroatoms. The van der Waals surface area contributed by atoms with Crippen molar-refractivity contribution in [2.45, 2.75) is 26.2 Å². The molecule has 1 N–H and O–H groups in total. The van der Waals surface area contributed by atoms with E-state index in [4.69, 9.17) is 4.74 Å². The summed E-state index contributed by atoms with van der Waals surface area (Å²) in [6, 6.07) is 15.1. The molecule has 0 bridgehead atoms. The molecule has 0 spiro atoms. The van der Waals surface area contributed by atoms with Crippen molar-refractivity contribution in [1.82, 2.24) is 0 Å². The summed E-state index contributed by atoms with van der Waals surface area (Å²) in [5, 5.41) is 3.55. The van der Waals surface area contributed by atoms with Crippen LogP contribution in [0.5, 0.6) is 0 Å². The fraction of sp³-hybridized carbons (Fsp3) is 0.409. The van der Waals surface area contributed by atoms with Crippen molar-refractivity contribution in [2.75, 3.05) is 36.5 Å². The van der Waals surface area contributed by atoms with Crippen LogP contribution in [0.15, 0.2) is 42.5 Å². The van der Waals surface area contributed by atoms with E-state index in [1.807, 2.05) is 4.90 Å². The van der Waals surface area contributed by atoms with Crippen LogP contribution in [0.25, 0.3) is 11.1 Å². The van der Waals surface area contributed by atoms with E-state index >= 15 is 0 Å². The molecule has 136 valence electrons. The first-order valence-electron chi connectivity index (χ1n) is 9.54. The number of amides is 1. The molecule has 2 aliphatic heterocycles. The molecule has 2 aliphatic rings. The van der Waals surface area contributed by atoms with E-state index in [0.29, 0.717) is 5.92 Å². The van der Waals surface area contributed by atoms with Crippen molar-refractivity contribution >= 4 is 17.3 Å². The highest BCUT2D eigenvalue weighted by molar-refractivity contribution is 5.93. The number of carbonyl (C=O) groups excluding carboxylic acids is 1. The maximum atomic E-state index is 11.9. The minimum Gasteiger partial charge on any atom is -0.385 e. The largest absolute Gasteiger partial charge is 0.385 e. The topological polar surface area (TPSA) is 41.6 Å². The van der Waals surface area contributed by atoms with Crippen LogP contribution >= 0.6 is 0 Å². The van der Waals surface area contributed by atoms with Gasteiger partial charge in [0.05, 0.1) is 6.61 Å². The lowest BCUT2D eigenvalue weighted by Gasteiger charge is -2.29. The molecular weight excluding hydrogens is 324 g/mol. The molecule has 1 fully saturated rings. The Balaban J connectivity index is 1.54. The molecule has 0 aliphatic carbocycles. The first kappa shape index (κ1) is 17.1. The Morgan fingerprint density at radius 1 is 1.23 bits per heavy atom. The van der Waals surface area contributed by atoms with Gasteiger partial charge in [-0.25, -0.2) is 0 Å². The van der Waals surface area contributed by atoms with Crippen LogP contribution in [0.1, 0.15) is 25.3 Å². The summed E-state index contributed by atoms with van der Waals surface area (Å²) in [4.78, 5) is 13.7. The molecule has 1 amide bonds. The molecule has 1 saturated heterocycles. The molecular formula is C22H26N2O2. The van der Waals surface area contributed by atoms with Gasteiger partial charge in [-0.15, -0.1) is 0 Å². The Hall–Kier alpha value is -2.33. The first-order chi connectivity index (χ1) is 12.7. The number of nitrogens with one attached hydrogen (secondary N) is 1. The molecule has 1 unspecified atom stereocenters. The Labute approximate surface area is 155 Å². The molecule has 4 rings (SSSR count).